The van der Waals surface area contributed by atoms with Gasteiger partial charge in [0.25, 0.3) is 35.4 Å². The number of hydrogen-bond acceptors (Lipinski definition) is 6. The summed E-state index contributed by atoms with van der Waals surface area (Å²) in [5.41, 5.74) is 1.51. The molecule has 10 heteroatoms. The van der Waals surface area contributed by atoms with Gasteiger partial charge in [-0.05, 0) is 55.7 Å². The highest BCUT2D eigenvalue weighted by atomic mass is 16.2. The van der Waals surface area contributed by atoms with Gasteiger partial charge in [-0.25, -0.2) is 0 Å². The average molecular weight is 513 g/mol. The van der Waals surface area contributed by atoms with Crippen LogP contribution in [0.5, 0.6) is 0 Å². The Kier molecular flexibility index (Phi) is 10.7. The predicted octanol–water partition coefficient (Wildman–Crippen LogP) is 3.33. The first-order valence-electron chi connectivity index (χ1n) is 12.4. The summed E-state index contributed by atoms with van der Waals surface area (Å²) in [7, 11) is 0. The van der Waals surface area contributed by atoms with Gasteiger partial charge in [-0.1, -0.05) is 27.7 Å². The van der Waals surface area contributed by atoms with Crippen molar-refractivity contribution < 1.29 is 31.6 Å². The number of rotatable bonds is 8. The Bertz CT molecular complexity index is 1140. The lowest BCUT2D eigenvalue weighted by atomic mass is 10.1. The van der Waals surface area contributed by atoms with Gasteiger partial charge in [0.05, 0.1) is 22.3 Å². The van der Waals surface area contributed by atoms with Gasteiger partial charge in [0.15, 0.2) is 0 Å². The summed E-state index contributed by atoms with van der Waals surface area (Å²) in [5, 5.41) is 9.89. The van der Waals surface area contributed by atoms with E-state index in [0.717, 1.165) is 6.42 Å². The fraction of sp³-hybridized carbons (Fsp3) is 0.333. The number of carbonyl (C=O) groups excluding carboxylic acids is 6. The van der Waals surface area contributed by atoms with Gasteiger partial charge in [-0.15, -0.1) is 0 Å². The zero-order valence-corrected chi connectivity index (χ0v) is 21.4. The third kappa shape index (κ3) is 6.87. The molecule has 37 heavy (non-hydrogen) atoms. The first-order chi connectivity index (χ1) is 17.8. The number of carbonyl (C=O) groups is 6. The highest BCUT2D eigenvalue weighted by Crippen LogP contribution is 2.18. The molecule has 0 unspecified atom stereocenters. The zero-order chi connectivity index (χ0) is 27.5. The molecule has 0 aromatic heterocycles. The Morgan fingerprint density at radius 1 is 0.595 bits per heavy atom. The van der Waals surface area contributed by atoms with Crippen LogP contribution in [0.1, 0.15) is 112 Å². The van der Waals surface area contributed by atoms with Crippen molar-refractivity contribution in [3.8, 4) is 0 Å². The molecule has 4 N–H and O–H groups in total. The van der Waals surface area contributed by atoms with Crippen LogP contribution in [0.15, 0.2) is 36.4 Å². The third-order valence-electron chi connectivity index (χ3n) is 5.42. The van der Waals surface area contributed by atoms with Gasteiger partial charge in [0, 0.05) is 27.1 Å². The second kappa shape index (κ2) is 13.7. The first kappa shape index (κ1) is 28.9. The van der Waals surface area contributed by atoms with Crippen LogP contribution in [-0.4, -0.2) is 48.5 Å². The number of unbranched alkanes of at least 4 members (excludes halogenated alkanes) is 2. The fourth-order valence-electron chi connectivity index (χ4n) is 3.65. The van der Waals surface area contributed by atoms with Gasteiger partial charge in [0.1, 0.15) is 0 Å². The minimum atomic E-state index is -0.511. The summed E-state index contributed by atoms with van der Waals surface area (Å²) in [6, 6.07) is 8.72. The molecular formula is C27H36N4O6. The predicted molar refractivity (Wildman–Crippen MR) is 142 cm³/mol. The Labute approximate surface area is 218 Å². The Balaban J connectivity index is 0.00000230. The summed E-state index contributed by atoms with van der Waals surface area (Å²) >= 11 is 0. The Morgan fingerprint density at radius 3 is 1.32 bits per heavy atom. The Morgan fingerprint density at radius 2 is 0.946 bits per heavy atom. The van der Waals surface area contributed by atoms with Crippen molar-refractivity contribution in [2.45, 2.75) is 47.0 Å². The molecule has 4 rings (SSSR count). The molecule has 2 aromatic rings. The maximum Gasteiger partial charge on any atom is 0.258 e. The van der Waals surface area contributed by atoms with Crippen LogP contribution in [0.2, 0.25) is 0 Å². The summed E-state index contributed by atoms with van der Waals surface area (Å²) in [6.45, 7) is 8.84. The van der Waals surface area contributed by atoms with Crippen LogP contribution in [0.25, 0.3) is 0 Å². The highest BCUT2D eigenvalue weighted by Gasteiger charge is 2.28. The molecule has 0 radical (unpaired) electrons. The topological polar surface area (TPSA) is 151 Å². The van der Waals surface area contributed by atoms with Gasteiger partial charge in [0.2, 0.25) is 0 Å². The van der Waals surface area contributed by atoms with E-state index in [4.69, 9.17) is 0 Å². The highest BCUT2D eigenvalue weighted by molar-refractivity contribution is 6.22. The summed E-state index contributed by atoms with van der Waals surface area (Å²) in [6.07, 6.45) is 2.13. The number of benzene rings is 2. The molecule has 6 amide bonds. The molecule has 2 aromatic carbocycles. The van der Waals surface area contributed by atoms with Gasteiger partial charge in [-0.3, -0.25) is 39.4 Å². The van der Waals surface area contributed by atoms with Crippen LogP contribution in [0.4, 0.5) is 0 Å². The van der Waals surface area contributed by atoms with Gasteiger partial charge >= 0.3 is 0 Å². The maximum absolute atomic E-state index is 12.3. The van der Waals surface area contributed by atoms with E-state index in [1.165, 1.54) is 36.4 Å². The molecule has 10 nitrogen and oxygen atoms in total. The number of amides is 6. The molecule has 200 valence electrons. The molecule has 2 heterocycles. The second-order valence-corrected chi connectivity index (χ2v) is 7.66. The molecule has 0 spiro atoms. The van der Waals surface area contributed by atoms with E-state index in [9.17, 15) is 28.8 Å². The van der Waals surface area contributed by atoms with Crippen LogP contribution in [-0.2, 0) is 0 Å². The van der Waals surface area contributed by atoms with Crippen molar-refractivity contribution in [3.05, 3.63) is 69.8 Å². The van der Waals surface area contributed by atoms with E-state index in [2.05, 4.69) is 21.3 Å². The van der Waals surface area contributed by atoms with E-state index in [1.54, 1.807) is 0 Å². The second-order valence-electron chi connectivity index (χ2n) is 7.66. The lowest BCUT2D eigenvalue weighted by molar-refractivity contribution is 0.0863. The van der Waals surface area contributed by atoms with Crippen molar-refractivity contribution in [2.75, 3.05) is 13.1 Å². The van der Waals surface area contributed by atoms with E-state index in [1.807, 2.05) is 27.7 Å². The van der Waals surface area contributed by atoms with Crippen LogP contribution in [0, 0.1) is 0 Å². The van der Waals surface area contributed by atoms with Crippen molar-refractivity contribution >= 4 is 35.4 Å². The van der Waals surface area contributed by atoms with Crippen LogP contribution in [0.3, 0.4) is 0 Å². The molecular weight excluding hydrogens is 476 g/mol. The number of fused-ring (bicyclic) bond motifs is 2. The summed E-state index contributed by atoms with van der Waals surface area (Å²) in [4.78, 5) is 71.0. The molecule has 2 aliphatic heterocycles. The summed E-state index contributed by atoms with van der Waals surface area (Å²) < 4.78 is 0. The normalized spacial score (nSPS) is 12.6. The lowest BCUT2D eigenvalue weighted by Gasteiger charge is -2.08. The van der Waals surface area contributed by atoms with Crippen molar-refractivity contribution in [2.24, 2.45) is 0 Å². The van der Waals surface area contributed by atoms with Crippen LogP contribution < -0.4 is 21.3 Å². The van der Waals surface area contributed by atoms with Gasteiger partial charge < -0.3 is 10.6 Å². The molecule has 0 atom stereocenters. The minimum Gasteiger partial charge on any atom is -0.352 e. The van der Waals surface area contributed by atoms with Crippen LogP contribution >= 0.6 is 0 Å². The first-order valence-corrected chi connectivity index (χ1v) is 12.4. The van der Waals surface area contributed by atoms with Crippen molar-refractivity contribution in [3.63, 3.8) is 0 Å². The quantitative estimate of drug-likeness (QED) is 0.315. The molecule has 2 aliphatic rings. The van der Waals surface area contributed by atoms with E-state index in [0.29, 0.717) is 37.1 Å². The molecule has 0 saturated heterocycles. The zero-order valence-electron chi connectivity index (χ0n) is 21.4. The number of imide groups is 2. The largest absolute Gasteiger partial charge is 0.352 e. The van der Waals surface area contributed by atoms with E-state index in [-0.39, 0.29) is 36.9 Å². The summed E-state index contributed by atoms with van der Waals surface area (Å²) in [5.74, 6) is -2.63. The maximum atomic E-state index is 12.3. The smallest absolute Gasteiger partial charge is 0.258 e. The number of hydrogen-bond donors (Lipinski definition) is 4. The monoisotopic (exact) mass is 512 g/mol. The van der Waals surface area contributed by atoms with E-state index >= 15 is 0 Å². The fourth-order valence-corrected chi connectivity index (χ4v) is 3.65. The Hall–Kier alpha value is -4.34. The van der Waals surface area contributed by atoms with Gasteiger partial charge in [-0.2, -0.15) is 0 Å². The third-order valence-corrected chi connectivity index (χ3v) is 5.42. The molecule has 0 aliphatic carbocycles. The van der Waals surface area contributed by atoms with E-state index < -0.39 is 23.6 Å². The molecule has 0 saturated carbocycles. The van der Waals surface area contributed by atoms with Crippen molar-refractivity contribution in [1.29, 1.82) is 0 Å². The lowest BCUT2D eigenvalue weighted by Crippen LogP contribution is -2.26. The van der Waals surface area contributed by atoms with Crippen molar-refractivity contribution in [1.82, 2.24) is 21.3 Å². The molecule has 0 bridgehead atoms. The minimum absolute atomic E-state index is 0. The molecule has 0 fully saturated rings. The SMILES string of the molecule is CC.CC.O=C(NCCCCCNC(=O)c1ccc2c(c1)C(=O)NC2=O)c1ccc2c(c1)C(=O)NC2=O.[HH].[HH]. The standard InChI is InChI=1S/C23H20N4O6.2C2H6.2H2/c28-18(12-4-6-14-16(10-12)22(32)26-20(14)30)24-8-2-1-3-9-25-19(29)13-5-7-15-17(11-13)23(33)27-21(15)31;2*1-2;;/h4-7,10-11H,1-3,8-9H2,(H,24,28)(H,25,29)(H,26,30,32)(H,27,31,33);2*1-2H3;2*1H. The number of nitrogens with one attached hydrogen (secondary N) is 4. The average Bonchev–Trinajstić information content (AvgIpc) is 3.38.